The summed E-state index contributed by atoms with van der Waals surface area (Å²) in [5, 5.41) is 0. The van der Waals surface area contributed by atoms with Crippen LogP contribution in [0, 0.1) is 5.82 Å². The molecule has 1 aliphatic heterocycles. The van der Waals surface area contributed by atoms with Gasteiger partial charge in [-0.3, -0.25) is 9.69 Å². The second kappa shape index (κ2) is 4.04. The molecule has 1 saturated heterocycles. The predicted molar refractivity (Wildman–Crippen MR) is 59.4 cm³/mol. The first-order valence-corrected chi connectivity index (χ1v) is 5.09. The molecule has 1 aromatic rings. The molecule has 0 bridgehead atoms. The van der Waals surface area contributed by atoms with E-state index in [1.165, 1.54) is 24.1 Å². The van der Waals surface area contributed by atoms with Gasteiger partial charge in [0.1, 0.15) is 6.54 Å². The van der Waals surface area contributed by atoms with Crippen molar-refractivity contribution in [3.8, 4) is 0 Å². The first-order valence-electron chi connectivity index (χ1n) is 5.09. The number of urea groups is 1. The van der Waals surface area contributed by atoms with E-state index in [9.17, 15) is 14.0 Å². The number of carbonyl (C=O) groups excluding carboxylic acids is 2. The Balaban J connectivity index is 2.24. The Bertz CT molecular complexity index is 490. The fraction of sp³-hybridized carbons (Fsp3) is 0.273. The van der Waals surface area contributed by atoms with Gasteiger partial charge in [0.2, 0.25) is 0 Å². The molecule has 6 heteroatoms. The van der Waals surface area contributed by atoms with Crippen LogP contribution in [0.5, 0.6) is 0 Å². The molecule has 1 aliphatic rings. The van der Waals surface area contributed by atoms with Crippen molar-refractivity contribution in [2.75, 3.05) is 19.3 Å². The SMILES string of the molecule is CN1CC(=O)N(Cc2cccc(N)c2F)C1=O. The third-order valence-electron chi connectivity index (χ3n) is 2.67. The zero-order chi connectivity index (χ0) is 12.6. The highest BCUT2D eigenvalue weighted by Gasteiger charge is 2.33. The van der Waals surface area contributed by atoms with E-state index in [4.69, 9.17) is 5.73 Å². The molecule has 90 valence electrons. The number of imide groups is 1. The molecule has 0 spiro atoms. The number of benzene rings is 1. The highest BCUT2D eigenvalue weighted by molar-refractivity contribution is 6.01. The molecule has 5 nitrogen and oxygen atoms in total. The lowest BCUT2D eigenvalue weighted by atomic mass is 10.2. The molecular formula is C11H12FN3O2. The molecule has 0 atom stereocenters. The Hall–Kier alpha value is -2.11. The molecule has 2 N–H and O–H groups in total. The monoisotopic (exact) mass is 237 g/mol. The van der Waals surface area contributed by atoms with Crippen molar-refractivity contribution in [1.82, 2.24) is 9.80 Å². The number of carbonyl (C=O) groups is 2. The van der Waals surface area contributed by atoms with Crippen LogP contribution < -0.4 is 5.73 Å². The summed E-state index contributed by atoms with van der Waals surface area (Å²) < 4.78 is 13.6. The molecule has 0 unspecified atom stereocenters. The standard InChI is InChI=1S/C11H12FN3O2/c1-14-6-9(16)15(11(14)17)5-7-3-2-4-8(13)10(7)12/h2-4H,5-6,13H2,1H3. The normalized spacial score (nSPS) is 15.9. The Morgan fingerprint density at radius 1 is 1.41 bits per heavy atom. The largest absolute Gasteiger partial charge is 0.396 e. The minimum atomic E-state index is -0.581. The number of halogens is 1. The number of hydrogen-bond donors (Lipinski definition) is 1. The average Bonchev–Trinajstić information content (AvgIpc) is 2.51. The van der Waals surface area contributed by atoms with Gasteiger partial charge in [0.25, 0.3) is 5.91 Å². The number of nitrogens with two attached hydrogens (primary N) is 1. The fourth-order valence-electron chi connectivity index (χ4n) is 1.72. The lowest BCUT2D eigenvalue weighted by Crippen LogP contribution is -2.31. The number of rotatable bonds is 2. The van der Waals surface area contributed by atoms with E-state index in [1.807, 2.05) is 0 Å². The lowest BCUT2D eigenvalue weighted by molar-refractivity contribution is -0.125. The Labute approximate surface area is 97.6 Å². The molecule has 17 heavy (non-hydrogen) atoms. The zero-order valence-corrected chi connectivity index (χ0v) is 9.31. The van der Waals surface area contributed by atoms with Gasteiger partial charge in [-0.1, -0.05) is 12.1 Å². The summed E-state index contributed by atoms with van der Waals surface area (Å²) in [6.07, 6.45) is 0. The van der Waals surface area contributed by atoms with E-state index in [1.54, 1.807) is 6.07 Å². The minimum absolute atomic E-state index is 0.00921. The van der Waals surface area contributed by atoms with Crippen molar-refractivity contribution in [3.63, 3.8) is 0 Å². The number of likely N-dealkylation sites (N-methyl/N-ethyl adjacent to an activating group) is 1. The summed E-state index contributed by atoms with van der Waals surface area (Å²) >= 11 is 0. The van der Waals surface area contributed by atoms with Gasteiger partial charge in [-0.05, 0) is 6.07 Å². The summed E-state index contributed by atoms with van der Waals surface area (Å²) in [6.45, 7) is -0.0539. The van der Waals surface area contributed by atoms with Crippen molar-refractivity contribution in [1.29, 1.82) is 0 Å². The smallest absolute Gasteiger partial charge is 0.327 e. The van der Waals surface area contributed by atoms with Crippen LogP contribution in [0.4, 0.5) is 14.9 Å². The predicted octanol–water partition coefficient (Wildman–Crippen LogP) is 0.802. The van der Waals surface area contributed by atoms with Gasteiger partial charge in [0.15, 0.2) is 5.82 Å². The lowest BCUT2D eigenvalue weighted by Gasteiger charge is -2.14. The van der Waals surface area contributed by atoms with Crippen LogP contribution in [0.25, 0.3) is 0 Å². The van der Waals surface area contributed by atoms with Crippen LogP contribution >= 0.6 is 0 Å². The third-order valence-corrected chi connectivity index (χ3v) is 2.67. The first-order chi connectivity index (χ1) is 8.00. The molecule has 0 aliphatic carbocycles. The Morgan fingerprint density at radius 2 is 2.12 bits per heavy atom. The van der Waals surface area contributed by atoms with Crippen LogP contribution in [0.2, 0.25) is 0 Å². The molecular weight excluding hydrogens is 225 g/mol. The maximum Gasteiger partial charge on any atom is 0.327 e. The minimum Gasteiger partial charge on any atom is -0.396 e. The average molecular weight is 237 g/mol. The van der Waals surface area contributed by atoms with Gasteiger partial charge in [-0.2, -0.15) is 0 Å². The van der Waals surface area contributed by atoms with E-state index >= 15 is 0 Å². The quantitative estimate of drug-likeness (QED) is 0.611. The summed E-state index contributed by atoms with van der Waals surface area (Å²) in [7, 11) is 1.52. The number of nitrogens with zero attached hydrogens (tertiary/aromatic N) is 2. The highest BCUT2D eigenvalue weighted by Crippen LogP contribution is 2.19. The van der Waals surface area contributed by atoms with Gasteiger partial charge in [0, 0.05) is 12.6 Å². The van der Waals surface area contributed by atoms with Crippen molar-refractivity contribution < 1.29 is 14.0 Å². The molecule has 2 rings (SSSR count). The van der Waals surface area contributed by atoms with Gasteiger partial charge in [-0.25, -0.2) is 9.18 Å². The van der Waals surface area contributed by atoms with Gasteiger partial charge >= 0.3 is 6.03 Å². The molecule has 0 aromatic heterocycles. The maximum absolute atomic E-state index is 13.6. The van der Waals surface area contributed by atoms with Crippen molar-refractivity contribution in [2.45, 2.75) is 6.54 Å². The van der Waals surface area contributed by atoms with E-state index in [2.05, 4.69) is 0 Å². The van der Waals surface area contributed by atoms with Crippen molar-refractivity contribution >= 4 is 17.6 Å². The van der Waals surface area contributed by atoms with Crippen LogP contribution in [0.3, 0.4) is 0 Å². The number of hydrogen-bond acceptors (Lipinski definition) is 3. The Morgan fingerprint density at radius 3 is 2.71 bits per heavy atom. The Kier molecular flexibility index (Phi) is 2.71. The van der Waals surface area contributed by atoms with E-state index in [0.29, 0.717) is 0 Å². The van der Waals surface area contributed by atoms with Gasteiger partial charge in [0.05, 0.1) is 12.2 Å². The fourth-order valence-corrected chi connectivity index (χ4v) is 1.72. The molecule has 0 saturated carbocycles. The van der Waals surface area contributed by atoms with Crippen molar-refractivity contribution in [2.24, 2.45) is 0 Å². The topological polar surface area (TPSA) is 66.6 Å². The summed E-state index contributed by atoms with van der Waals surface area (Å²) in [5.41, 5.74) is 5.66. The van der Waals surface area contributed by atoms with Crippen LogP contribution in [0.15, 0.2) is 18.2 Å². The zero-order valence-electron chi connectivity index (χ0n) is 9.31. The molecule has 1 aromatic carbocycles. The second-order valence-corrected chi connectivity index (χ2v) is 3.94. The molecule has 1 fully saturated rings. The number of nitrogen functional groups attached to an aromatic ring is 1. The van der Waals surface area contributed by atoms with Crippen LogP contribution in [-0.2, 0) is 11.3 Å². The van der Waals surface area contributed by atoms with Crippen molar-refractivity contribution in [3.05, 3.63) is 29.6 Å². The highest BCUT2D eigenvalue weighted by atomic mass is 19.1. The summed E-state index contributed by atoms with van der Waals surface area (Å²) in [4.78, 5) is 25.4. The van der Waals surface area contributed by atoms with E-state index in [-0.39, 0.29) is 30.2 Å². The third kappa shape index (κ3) is 1.93. The summed E-state index contributed by atoms with van der Waals surface area (Å²) in [5.74, 6) is -0.915. The van der Waals surface area contributed by atoms with Crippen LogP contribution in [-0.4, -0.2) is 35.3 Å². The van der Waals surface area contributed by atoms with E-state index in [0.717, 1.165) is 4.90 Å². The second-order valence-electron chi connectivity index (χ2n) is 3.94. The number of anilines is 1. The molecule has 3 amide bonds. The molecule has 0 radical (unpaired) electrons. The van der Waals surface area contributed by atoms with E-state index < -0.39 is 11.8 Å². The maximum atomic E-state index is 13.6. The van der Waals surface area contributed by atoms with Crippen LogP contribution in [0.1, 0.15) is 5.56 Å². The van der Waals surface area contributed by atoms with Gasteiger partial charge < -0.3 is 10.6 Å². The number of amides is 3. The van der Waals surface area contributed by atoms with Gasteiger partial charge in [-0.15, -0.1) is 0 Å². The summed E-state index contributed by atoms with van der Waals surface area (Å²) in [6, 6.07) is 4.10. The molecule has 1 heterocycles. The first kappa shape index (κ1) is 11.4.